The predicted molar refractivity (Wildman–Crippen MR) is 81.1 cm³/mol. The van der Waals surface area contributed by atoms with E-state index < -0.39 is 18.8 Å². The van der Waals surface area contributed by atoms with Crippen molar-refractivity contribution in [2.45, 2.75) is 26.4 Å². The molecule has 1 aromatic carbocycles. The van der Waals surface area contributed by atoms with Gasteiger partial charge in [-0.2, -0.15) is 0 Å². The summed E-state index contributed by atoms with van der Waals surface area (Å²) in [4.78, 5) is 12.2. The first-order chi connectivity index (χ1) is 9.20. The number of fused-ring (bicyclic) bond motifs is 1. The number of hydrogen-bond acceptors (Lipinski definition) is 4. The maximum Gasteiger partial charge on any atom is 0.490 e. The molecule has 1 aromatic heterocycles. The maximum atomic E-state index is 12.2. The van der Waals surface area contributed by atoms with Gasteiger partial charge in [-0.15, -0.1) is 0 Å². The van der Waals surface area contributed by atoms with Crippen LogP contribution in [0.1, 0.15) is 20.8 Å². The van der Waals surface area contributed by atoms with Gasteiger partial charge in [0.25, 0.3) is 0 Å². The average molecular weight is 340 g/mol. The van der Waals surface area contributed by atoms with Gasteiger partial charge in [-0.05, 0) is 32.9 Å². The number of benzene rings is 1. The highest BCUT2D eigenvalue weighted by molar-refractivity contribution is 9.10. The zero-order valence-electron chi connectivity index (χ0n) is 11.4. The standard InChI is InChI=1S/C13H15BBrNO4/c1-13(2,3)20-12(17)16-7-8(14(18)19)11-9(15)5-4-6-10(11)16/h4-7,18-19H,1-3H3. The summed E-state index contributed by atoms with van der Waals surface area (Å²) in [6, 6.07) is 5.25. The van der Waals surface area contributed by atoms with Crippen molar-refractivity contribution in [2.24, 2.45) is 0 Å². The van der Waals surface area contributed by atoms with Crippen LogP contribution in [0.4, 0.5) is 4.79 Å². The van der Waals surface area contributed by atoms with Crippen LogP contribution in [-0.2, 0) is 4.74 Å². The highest BCUT2D eigenvalue weighted by Crippen LogP contribution is 2.24. The van der Waals surface area contributed by atoms with E-state index in [9.17, 15) is 14.8 Å². The summed E-state index contributed by atoms with van der Waals surface area (Å²) in [5.41, 5.74) is 0.174. The quantitative estimate of drug-likeness (QED) is 0.778. The fourth-order valence-electron chi connectivity index (χ4n) is 1.93. The van der Waals surface area contributed by atoms with Gasteiger partial charge in [-0.3, -0.25) is 4.57 Å². The summed E-state index contributed by atoms with van der Waals surface area (Å²) in [5.74, 6) is 0. The minimum atomic E-state index is -1.67. The Balaban J connectivity index is 2.61. The zero-order valence-corrected chi connectivity index (χ0v) is 13.0. The van der Waals surface area contributed by atoms with Crippen LogP contribution in [0, 0.1) is 0 Å². The number of hydrogen-bond donors (Lipinski definition) is 2. The fourth-order valence-corrected chi connectivity index (χ4v) is 2.52. The third-order valence-electron chi connectivity index (χ3n) is 2.68. The van der Waals surface area contributed by atoms with E-state index in [-0.39, 0.29) is 5.46 Å². The molecule has 0 aliphatic heterocycles. The molecule has 2 aromatic rings. The molecule has 0 unspecified atom stereocenters. The van der Waals surface area contributed by atoms with Crippen molar-refractivity contribution in [3.8, 4) is 0 Å². The molecule has 0 spiro atoms. The Labute approximate surface area is 125 Å². The predicted octanol–water partition coefficient (Wildman–Crippen LogP) is 1.87. The van der Waals surface area contributed by atoms with Gasteiger partial charge in [0.05, 0.1) is 5.52 Å². The van der Waals surface area contributed by atoms with Crippen LogP contribution in [0.2, 0.25) is 0 Å². The van der Waals surface area contributed by atoms with E-state index in [1.807, 2.05) is 0 Å². The Morgan fingerprint density at radius 3 is 2.55 bits per heavy atom. The van der Waals surface area contributed by atoms with Crippen LogP contribution >= 0.6 is 15.9 Å². The largest absolute Gasteiger partial charge is 0.490 e. The molecule has 0 radical (unpaired) electrons. The van der Waals surface area contributed by atoms with Gasteiger partial charge in [0.15, 0.2) is 0 Å². The molecular formula is C13H15BBrNO4. The molecule has 7 heteroatoms. The Bertz CT molecular complexity index is 660. The lowest BCUT2D eigenvalue weighted by molar-refractivity contribution is 0.0544. The normalized spacial score (nSPS) is 11.7. The molecular weight excluding hydrogens is 325 g/mol. The van der Waals surface area contributed by atoms with Gasteiger partial charge in [-0.25, -0.2) is 4.79 Å². The topological polar surface area (TPSA) is 71.7 Å². The Kier molecular flexibility index (Phi) is 3.95. The van der Waals surface area contributed by atoms with Crippen LogP contribution in [0.25, 0.3) is 10.9 Å². The second-order valence-corrected chi connectivity index (χ2v) is 6.30. The highest BCUT2D eigenvalue weighted by Gasteiger charge is 2.25. The molecule has 1 heterocycles. The SMILES string of the molecule is CC(C)(C)OC(=O)n1cc(B(O)O)c2c(Br)cccc21. The Hall–Kier alpha value is -1.31. The molecule has 0 aliphatic carbocycles. The van der Waals surface area contributed by atoms with Crippen LogP contribution in [0.3, 0.4) is 0 Å². The van der Waals surface area contributed by atoms with Crippen molar-refractivity contribution in [3.05, 3.63) is 28.9 Å². The highest BCUT2D eigenvalue weighted by atomic mass is 79.9. The first-order valence-corrected chi connectivity index (χ1v) is 6.89. The molecule has 5 nitrogen and oxygen atoms in total. The van der Waals surface area contributed by atoms with E-state index in [2.05, 4.69) is 15.9 Å². The Morgan fingerprint density at radius 1 is 1.35 bits per heavy atom. The minimum absolute atomic E-state index is 0.248. The lowest BCUT2D eigenvalue weighted by Crippen LogP contribution is -2.30. The summed E-state index contributed by atoms with van der Waals surface area (Å²) < 4.78 is 7.27. The molecule has 2 rings (SSSR count). The van der Waals surface area contributed by atoms with Crippen LogP contribution in [0.5, 0.6) is 0 Å². The molecule has 2 N–H and O–H groups in total. The smallest absolute Gasteiger partial charge is 0.443 e. The molecule has 106 valence electrons. The third-order valence-corrected chi connectivity index (χ3v) is 3.34. The molecule has 20 heavy (non-hydrogen) atoms. The number of nitrogens with zero attached hydrogens (tertiary/aromatic N) is 1. The number of halogens is 1. The summed E-state index contributed by atoms with van der Waals surface area (Å²) in [6.07, 6.45) is 0.821. The van der Waals surface area contributed by atoms with E-state index in [0.29, 0.717) is 15.4 Å². The van der Waals surface area contributed by atoms with Crippen molar-refractivity contribution in [1.29, 1.82) is 0 Å². The summed E-state index contributed by atoms with van der Waals surface area (Å²) in [7, 11) is -1.67. The first kappa shape index (κ1) is 15.1. The van der Waals surface area contributed by atoms with Crippen LogP contribution in [-0.4, -0.2) is 33.4 Å². The number of carbonyl (C=O) groups is 1. The number of aromatic nitrogens is 1. The second kappa shape index (κ2) is 5.23. The van der Waals surface area contributed by atoms with Crippen molar-refractivity contribution < 1.29 is 19.6 Å². The lowest BCUT2D eigenvalue weighted by Gasteiger charge is -2.19. The summed E-state index contributed by atoms with van der Waals surface area (Å²) in [5, 5.41) is 19.5. The summed E-state index contributed by atoms with van der Waals surface area (Å²) in [6.45, 7) is 5.32. The minimum Gasteiger partial charge on any atom is -0.443 e. The van der Waals surface area contributed by atoms with E-state index in [4.69, 9.17) is 4.74 Å². The maximum absolute atomic E-state index is 12.2. The molecule has 0 saturated carbocycles. The summed E-state index contributed by atoms with van der Waals surface area (Å²) >= 11 is 3.35. The van der Waals surface area contributed by atoms with Gasteiger partial charge >= 0.3 is 13.2 Å². The van der Waals surface area contributed by atoms with Gasteiger partial charge in [0.2, 0.25) is 0 Å². The van der Waals surface area contributed by atoms with E-state index in [0.717, 1.165) is 0 Å². The van der Waals surface area contributed by atoms with Gasteiger partial charge in [0, 0.05) is 21.5 Å². The second-order valence-electron chi connectivity index (χ2n) is 5.44. The average Bonchev–Trinajstić information content (AvgIpc) is 2.67. The lowest BCUT2D eigenvalue weighted by atomic mass is 9.80. The van der Waals surface area contributed by atoms with Crippen molar-refractivity contribution in [3.63, 3.8) is 0 Å². The van der Waals surface area contributed by atoms with Crippen LogP contribution < -0.4 is 5.46 Å². The van der Waals surface area contributed by atoms with E-state index >= 15 is 0 Å². The van der Waals surface area contributed by atoms with Gasteiger partial charge in [-0.1, -0.05) is 22.0 Å². The van der Waals surface area contributed by atoms with Gasteiger partial charge in [0.1, 0.15) is 5.60 Å². The fraction of sp³-hybridized carbons (Fsp3) is 0.308. The first-order valence-electron chi connectivity index (χ1n) is 6.09. The number of rotatable bonds is 1. The monoisotopic (exact) mass is 339 g/mol. The van der Waals surface area contributed by atoms with Crippen molar-refractivity contribution in [2.75, 3.05) is 0 Å². The molecule has 0 amide bonds. The molecule has 0 atom stereocenters. The molecule has 0 bridgehead atoms. The van der Waals surface area contributed by atoms with Gasteiger partial charge < -0.3 is 14.8 Å². The van der Waals surface area contributed by atoms with Crippen molar-refractivity contribution >= 4 is 45.5 Å². The third kappa shape index (κ3) is 2.89. The van der Waals surface area contributed by atoms with Crippen LogP contribution in [0.15, 0.2) is 28.9 Å². The zero-order chi connectivity index (χ0) is 15.1. The molecule has 0 fully saturated rings. The number of carbonyl (C=O) groups excluding carboxylic acids is 1. The Morgan fingerprint density at radius 2 is 2.00 bits per heavy atom. The van der Waals surface area contributed by atoms with E-state index in [1.54, 1.807) is 39.0 Å². The number of ether oxygens (including phenoxy) is 1. The van der Waals surface area contributed by atoms with Crippen molar-refractivity contribution in [1.82, 2.24) is 4.57 Å². The molecule has 0 aliphatic rings. The van der Waals surface area contributed by atoms with E-state index in [1.165, 1.54) is 10.8 Å². The molecule has 0 saturated heterocycles.